The second-order valence-electron chi connectivity index (χ2n) is 6.12. The number of aromatic nitrogens is 2. The average molecular weight is 350 g/mol. The zero-order chi connectivity index (χ0) is 18.5. The highest BCUT2D eigenvalue weighted by atomic mass is 16.2. The quantitative estimate of drug-likeness (QED) is 0.716. The van der Waals surface area contributed by atoms with Crippen LogP contribution in [-0.4, -0.2) is 35.7 Å². The van der Waals surface area contributed by atoms with E-state index in [1.54, 1.807) is 24.3 Å². The summed E-state index contributed by atoms with van der Waals surface area (Å²) < 4.78 is 0. The van der Waals surface area contributed by atoms with E-state index in [0.29, 0.717) is 23.9 Å². The fraction of sp³-hybridized carbons (Fsp3) is 0.250. The molecule has 6 heteroatoms. The molecule has 0 aliphatic carbocycles. The molecule has 6 nitrogen and oxygen atoms in total. The Labute approximate surface area is 151 Å². The Morgan fingerprint density at radius 3 is 2.65 bits per heavy atom. The Balaban J connectivity index is 1.69. The number of benzene rings is 2. The lowest BCUT2D eigenvalue weighted by molar-refractivity contribution is 0.0950. The summed E-state index contributed by atoms with van der Waals surface area (Å²) in [5, 5.41) is 10.2. The molecule has 0 saturated carbocycles. The van der Waals surface area contributed by atoms with Crippen molar-refractivity contribution in [3.63, 3.8) is 0 Å². The number of amides is 1. The molecule has 1 aromatic heterocycles. The summed E-state index contributed by atoms with van der Waals surface area (Å²) in [6, 6.07) is 15.3. The highest BCUT2D eigenvalue weighted by Crippen LogP contribution is 2.15. The molecule has 0 atom stereocenters. The van der Waals surface area contributed by atoms with Gasteiger partial charge in [0.25, 0.3) is 11.5 Å². The van der Waals surface area contributed by atoms with Gasteiger partial charge in [-0.1, -0.05) is 30.3 Å². The zero-order valence-electron chi connectivity index (χ0n) is 15.0. The fourth-order valence-electron chi connectivity index (χ4n) is 2.97. The minimum atomic E-state index is -0.297. The van der Waals surface area contributed by atoms with Crippen molar-refractivity contribution in [1.29, 1.82) is 0 Å². The Hall–Kier alpha value is -3.15. The molecule has 0 radical (unpaired) electrons. The lowest BCUT2D eigenvalue weighted by Crippen LogP contribution is -2.35. The van der Waals surface area contributed by atoms with E-state index in [1.165, 1.54) is 5.56 Å². The first-order valence-electron chi connectivity index (χ1n) is 8.67. The topological polar surface area (TPSA) is 78.1 Å². The van der Waals surface area contributed by atoms with Gasteiger partial charge in [-0.25, -0.2) is 5.10 Å². The zero-order valence-corrected chi connectivity index (χ0v) is 15.0. The summed E-state index contributed by atoms with van der Waals surface area (Å²) in [7, 11) is 0. The van der Waals surface area contributed by atoms with Crippen molar-refractivity contribution < 1.29 is 4.79 Å². The van der Waals surface area contributed by atoms with Crippen LogP contribution in [0.5, 0.6) is 0 Å². The Kier molecular flexibility index (Phi) is 5.31. The fourth-order valence-corrected chi connectivity index (χ4v) is 2.97. The van der Waals surface area contributed by atoms with Crippen LogP contribution in [0, 0.1) is 6.92 Å². The molecule has 0 saturated heterocycles. The molecule has 1 amide bonds. The van der Waals surface area contributed by atoms with Crippen LogP contribution in [0.25, 0.3) is 10.8 Å². The Morgan fingerprint density at radius 1 is 1.15 bits per heavy atom. The van der Waals surface area contributed by atoms with E-state index >= 15 is 0 Å². The molecular formula is C20H22N4O2. The van der Waals surface area contributed by atoms with E-state index in [-0.39, 0.29) is 17.2 Å². The molecule has 0 aliphatic rings. The highest BCUT2D eigenvalue weighted by Gasteiger charge is 2.14. The molecule has 3 rings (SSSR count). The van der Waals surface area contributed by atoms with Crippen molar-refractivity contribution in [3.05, 3.63) is 70.1 Å². The summed E-state index contributed by atoms with van der Waals surface area (Å²) in [5.74, 6) is -0.294. The second-order valence-corrected chi connectivity index (χ2v) is 6.12. The minimum Gasteiger partial charge on any atom is -0.370 e. The molecule has 0 spiro atoms. The number of hydrogen-bond donors (Lipinski definition) is 2. The Bertz CT molecular complexity index is 981. The highest BCUT2D eigenvalue weighted by molar-refractivity contribution is 6.04. The lowest BCUT2D eigenvalue weighted by atomic mass is 10.1. The second kappa shape index (κ2) is 7.82. The number of aromatic amines is 1. The first-order chi connectivity index (χ1) is 12.6. The number of nitrogens with zero attached hydrogens (tertiary/aromatic N) is 2. The number of anilines is 1. The molecule has 26 heavy (non-hydrogen) atoms. The predicted octanol–water partition coefficient (Wildman–Crippen LogP) is 2.49. The molecule has 0 unspecified atom stereocenters. The van der Waals surface area contributed by atoms with Crippen LogP contribution >= 0.6 is 0 Å². The summed E-state index contributed by atoms with van der Waals surface area (Å²) >= 11 is 0. The van der Waals surface area contributed by atoms with Gasteiger partial charge in [0, 0.05) is 30.7 Å². The predicted molar refractivity (Wildman–Crippen MR) is 104 cm³/mol. The number of rotatable bonds is 6. The third-order valence-electron chi connectivity index (χ3n) is 4.33. The summed E-state index contributed by atoms with van der Waals surface area (Å²) in [4.78, 5) is 26.5. The number of carbonyl (C=O) groups is 1. The van der Waals surface area contributed by atoms with Gasteiger partial charge < -0.3 is 10.2 Å². The van der Waals surface area contributed by atoms with Crippen LogP contribution in [0.4, 0.5) is 5.69 Å². The number of likely N-dealkylation sites (N-methyl/N-ethyl adjacent to an activating group) is 1. The van der Waals surface area contributed by atoms with E-state index < -0.39 is 0 Å². The van der Waals surface area contributed by atoms with Crippen LogP contribution in [0.1, 0.15) is 23.0 Å². The van der Waals surface area contributed by atoms with Crippen LogP contribution < -0.4 is 15.8 Å². The molecule has 0 bridgehead atoms. The molecule has 0 fully saturated rings. The first-order valence-corrected chi connectivity index (χ1v) is 8.67. The van der Waals surface area contributed by atoms with Crippen molar-refractivity contribution in [2.45, 2.75) is 13.8 Å². The lowest BCUT2D eigenvalue weighted by Gasteiger charge is -2.23. The third-order valence-corrected chi connectivity index (χ3v) is 4.33. The number of carbonyl (C=O) groups excluding carboxylic acids is 1. The van der Waals surface area contributed by atoms with E-state index in [9.17, 15) is 9.59 Å². The number of fused-ring (bicyclic) bond motifs is 1. The first kappa shape index (κ1) is 17.7. The minimum absolute atomic E-state index is 0.235. The standard InChI is InChI=1S/C20H22N4O2/c1-3-24(15-8-6-7-14(2)13-15)12-11-21-20(26)18-16-9-4-5-10-17(16)19(25)23-22-18/h4-10,13H,3,11-12H2,1-2H3,(H,21,26)(H,23,25). The molecule has 3 aromatic rings. The normalized spacial score (nSPS) is 10.7. The van der Waals surface area contributed by atoms with Gasteiger partial charge in [-0.05, 0) is 37.6 Å². The van der Waals surface area contributed by atoms with Gasteiger partial charge in [-0.15, -0.1) is 0 Å². The van der Waals surface area contributed by atoms with E-state index in [1.807, 2.05) is 6.07 Å². The number of hydrogen-bond acceptors (Lipinski definition) is 4. The summed E-state index contributed by atoms with van der Waals surface area (Å²) in [6.45, 7) is 6.16. The molecule has 2 N–H and O–H groups in total. The molecule has 134 valence electrons. The molecular weight excluding hydrogens is 328 g/mol. The average Bonchev–Trinajstić information content (AvgIpc) is 2.65. The van der Waals surface area contributed by atoms with Gasteiger partial charge >= 0.3 is 0 Å². The van der Waals surface area contributed by atoms with Gasteiger partial charge in [-0.3, -0.25) is 9.59 Å². The van der Waals surface area contributed by atoms with Gasteiger partial charge in [0.05, 0.1) is 5.39 Å². The van der Waals surface area contributed by atoms with Gasteiger partial charge in [0.15, 0.2) is 5.69 Å². The summed E-state index contributed by atoms with van der Waals surface area (Å²) in [6.07, 6.45) is 0. The largest absolute Gasteiger partial charge is 0.370 e. The van der Waals surface area contributed by atoms with Crippen LogP contribution in [0.2, 0.25) is 0 Å². The van der Waals surface area contributed by atoms with Gasteiger partial charge in [0.2, 0.25) is 0 Å². The van der Waals surface area contributed by atoms with Crippen LogP contribution in [-0.2, 0) is 0 Å². The van der Waals surface area contributed by atoms with Crippen molar-refractivity contribution in [1.82, 2.24) is 15.5 Å². The maximum absolute atomic E-state index is 12.5. The number of aryl methyl sites for hydroxylation is 1. The maximum atomic E-state index is 12.5. The van der Waals surface area contributed by atoms with Crippen LogP contribution in [0.3, 0.4) is 0 Å². The van der Waals surface area contributed by atoms with E-state index in [2.05, 4.69) is 52.5 Å². The smallest absolute Gasteiger partial charge is 0.272 e. The Morgan fingerprint density at radius 2 is 1.92 bits per heavy atom. The van der Waals surface area contributed by atoms with E-state index in [4.69, 9.17) is 0 Å². The van der Waals surface area contributed by atoms with Crippen molar-refractivity contribution in [2.24, 2.45) is 0 Å². The number of nitrogens with one attached hydrogen (secondary N) is 2. The SMILES string of the molecule is CCN(CCNC(=O)c1n[nH]c(=O)c2ccccc12)c1cccc(C)c1. The molecule has 2 aromatic carbocycles. The number of H-pyrrole nitrogens is 1. The monoisotopic (exact) mass is 350 g/mol. The van der Waals surface area contributed by atoms with Crippen molar-refractivity contribution in [2.75, 3.05) is 24.5 Å². The van der Waals surface area contributed by atoms with Gasteiger partial charge in [-0.2, -0.15) is 5.10 Å². The van der Waals surface area contributed by atoms with Crippen LogP contribution in [0.15, 0.2) is 53.3 Å². The maximum Gasteiger partial charge on any atom is 0.272 e. The van der Waals surface area contributed by atoms with E-state index in [0.717, 1.165) is 12.2 Å². The van der Waals surface area contributed by atoms with Gasteiger partial charge in [0.1, 0.15) is 0 Å². The molecule has 1 heterocycles. The third kappa shape index (κ3) is 3.74. The molecule has 0 aliphatic heterocycles. The summed E-state index contributed by atoms with van der Waals surface area (Å²) in [5.41, 5.74) is 2.27. The van der Waals surface area contributed by atoms with Crippen molar-refractivity contribution >= 4 is 22.4 Å². The van der Waals surface area contributed by atoms with Crippen molar-refractivity contribution in [3.8, 4) is 0 Å².